The first-order valence-corrected chi connectivity index (χ1v) is 12.0. The molecule has 1 aliphatic carbocycles. The molecule has 6 N–H and O–H groups in total. The Morgan fingerprint density at radius 2 is 1.97 bits per heavy atom. The highest BCUT2D eigenvalue weighted by Crippen LogP contribution is 2.38. The van der Waals surface area contributed by atoms with Gasteiger partial charge in [-0.25, -0.2) is 18.2 Å². The maximum absolute atomic E-state index is 13.7. The molecule has 0 radical (unpaired) electrons. The van der Waals surface area contributed by atoms with Crippen LogP contribution in [0.1, 0.15) is 29.2 Å². The Balaban J connectivity index is 0.00000114. The summed E-state index contributed by atoms with van der Waals surface area (Å²) in [7, 11) is 1.50. The molecule has 1 aromatic carbocycles. The van der Waals surface area contributed by atoms with Crippen LogP contribution in [-0.4, -0.2) is 48.0 Å². The van der Waals surface area contributed by atoms with Crippen LogP contribution < -0.4 is 21.7 Å². The monoisotopic (exact) mass is 531 g/mol. The van der Waals surface area contributed by atoms with Crippen LogP contribution in [0.2, 0.25) is 5.02 Å². The molecule has 35 heavy (non-hydrogen) atoms. The molecule has 1 fully saturated rings. The number of thioether (sulfide) groups is 1. The average molecular weight is 532 g/mol. The minimum atomic E-state index is -2.64. The van der Waals surface area contributed by atoms with E-state index in [0.29, 0.717) is 22.0 Å². The van der Waals surface area contributed by atoms with Gasteiger partial charge in [0.05, 0.1) is 6.34 Å². The Hall–Kier alpha value is -2.83. The van der Waals surface area contributed by atoms with E-state index in [2.05, 4.69) is 26.8 Å². The first-order valence-electron chi connectivity index (χ1n) is 10.3. The third-order valence-corrected chi connectivity index (χ3v) is 5.80. The third-order valence-electron chi connectivity index (χ3n) is 4.64. The second-order valence-corrected chi connectivity index (χ2v) is 8.59. The van der Waals surface area contributed by atoms with Gasteiger partial charge >= 0.3 is 0 Å². The number of amides is 1. The van der Waals surface area contributed by atoms with Gasteiger partial charge in [-0.3, -0.25) is 15.1 Å². The van der Waals surface area contributed by atoms with E-state index in [0.717, 1.165) is 6.34 Å². The van der Waals surface area contributed by atoms with Gasteiger partial charge in [0.1, 0.15) is 11.6 Å². The molecule has 2 aromatic rings. The fourth-order valence-electron chi connectivity index (χ4n) is 3.12. The van der Waals surface area contributed by atoms with E-state index in [-0.39, 0.29) is 36.5 Å². The van der Waals surface area contributed by atoms with Gasteiger partial charge in [0.15, 0.2) is 0 Å². The van der Waals surface area contributed by atoms with E-state index in [1.54, 1.807) is 25.4 Å². The Labute approximate surface area is 211 Å². The Bertz CT molecular complexity index is 985. The zero-order chi connectivity index (χ0) is 26.6. The number of hydrogen-bond donors (Lipinski definition) is 4. The molecule has 1 saturated carbocycles. The zero-order valence-corrected chi connectivity index (χ0v) is 21.1. The van der Waals surface area contributed by atoms with E-state index < -0.39 is 11.7 Å². The first kappa shape index (κ1) is 30.2. The van der Waals surface area contributed by atoms with E-state index in [9.17, 15) is 13.2 Å². The lowest BCUT2D eigenvalue weighted by Gasteiger charge is -2.35. The van der Waals surface area contributed by atoms with Crippen molar-refractivity contribution in [2.24, 2.45) is 11.5 Å². The number of nitrogens with zero attached hydrogens (tertiary/aromatic N) is 3. The van der Waals surface area contributed by atoms with Crippen molar-refractivity contribution >= 4 is 47.9 Å². The Morgan fingerprint density at radius 3 is 2.49 bits per heavy atom. The number of nitrogens with two attached hydrogens (primary N) is 2. The summed E-state index contributed by atoms with van der Waals surface area (Å²) in [6.07, 6.45) is 7.76. The van der Waals surface area contributed by atoms with Crippen LogP contribution >= 0.6 is 23.4 Å². The number of carbonyl (C=O) groups excluding carboxylic acids is 1. The van der Waals surface area contributed by atoms with Gasteiger partial charge in [0.2, 0.25) is 12.4 Å². The van der Waals surface area contributed by atoms with Crippen LogP contribution in [0.25, 0.3) is 0 Å². The molecule has 0 saturated heterocycles. The van der Waals surface area contributed by atoms with E-state index in [1.165, 1.54) is 35.8 Å². The topological polar surface area (TPSA) is 134 Å². The van der Waals surface area contributed by atoms with Crippen molar-refractivity contribution in [2.45, 2.75) is 37.0 Å². The smallest absolute Gasteiger partial charge is 0.252 e. The summed E-state index contributed by atoms with van der Waals surface area (Å²) >= 11 is 7.44. The average Bonchev–Trinajstić information content (AvgIpc) is 2.78. The van der Waals surface area contributed by atoms with Gasteiger partial charge in [-0.2, -0.15) is 16.7 Å². The van der Waals surface area contributed by atoms with Crippen LogP contribution in [0, 0.1) is 18.2 Å². The van der Waals surface area contributed by atoms with Crippen molar-refractivity contribution in [1.82, 2.24) is 9.97 Å². The number of rotatable bonds is 8. The Morgan fingerprint density at radius 1 is 1.34 bits per heavy atom. The molecule has 192 valence electrons. The molecule has 1 heterocycles. The number of carbonyl (C=O) groups is 1. The van der Waals surface area contributed by atoms with Crippen molar-refractivity contribution in [3.05, 3.63) is 58.6 Å². The third kappa shape index (κ3) is 9.38. The minimum Gasteiger partial charge on any atom is -0.372 e. The predicted octanol–water partition coefficient (Wildman–Crippen LogP) is 4.49. The molecule has 1 aliphatic rings. The maximum atomic E-state index is 13.7. The summed E-state index contributed by atoms with van der Waals surface area (Å²) in [6, 6.07) is 3.97. The second-order valence-electron chi connectivity index (χ2n) is 7.18. The first-order chi connectivity index (χ1) is 16.6. The largest absolute Gasteiger partial charge is 0.372 e. The summed E-state index contributed by atoms with van der Waals surface area (Å²) in [6.45, 7) is 1.79. The molecule has 13 heteroatoms. The van der Waals surface area contributed by atoms with Crippen LogP contribution in [0.5, 0.6) is 0 Å². The highest BCUT2D eigenvalue weighted by Gasteiger charge is 2.45. The molecule has 0 bridgehead atoms. The highest BCUT2D eigenvalue weighted by molar-refractivity contribution is 7.99. The molecule has 8 nitrogen and oxygen atoms in total. The van der Waals surface area contributed by atoms with Crippen LogP contribution in [0.15, 0.2) is 36.7 Å². The summed E-state index contributed by atoms with van der Waals surface area (Å²) < 4.78 is 39.8. The number of benzene rings is 1. The fourth-order valence-corrected chi connectivity index (χ4v) is 3.99. The predicted molar refractivity (Wildman–Crippen MR) is 137 cm³/mol. The molecule has 1 atom stereocenters. The number of halogens is 4. The lowest BCUT2D eigenvalue weighted by atomic mass is 9.88. The van der Waals surface area contributed by atoms with Gasteiger partial charge in [-0.15, -0.1) is 0 Å². The van der Waals surface area contributed by atoms with E-state index in [4.69, 9.17) is 21.8 Å². The highest BCUT2D eigenvalue weighted by atomic mass is 35.5. The van der Waals surface area contributed by atoms with Crippen LogP contribution in [-0.2, 0) is 4.79 Å². The minimum absolute atomic E-state index is 0.197. The molecular formula is C22H29ClF3N7OS. The van der Waals surface area contributed by atoms with Crippen molar-refractivity contribution in [1.29, 1.82) is 5.41 Å². The standard InChI is InChI=1S/C20H21ClF3N5S.CH3NO.CH5N/c1-12-10-26-19(27-16-8-20(23,24)9-16)28-18(12)29(11-25)4-3-17(30-2)13-5-14(21)7-15(22)6-13;2-1-3;1-2/h3-7,10-11,16-17,25H,8-9H2,1-2H3,(H,26,27,28);1H,(H2,2,3);2H2,1H3/b4-3+,25-11?;;. The number of hydrogen-bond acceptors (Lipinski definition) is 7. The van der Waals surface area contributed by atoms with Gasteiger partial charge in [0.25, 0.3) is 5.92 Å². The van der Waals surface area contributed by atoms with E-state index in [1.807, 2.05) is 12.3 Å². The number of aryl methyl sites for hydroxylation is 1. The summed E-state index contributed by atoms with van der Waals surface area (Å²) in [5.41, 5.74) is 10.1. The van der Waals surface area contributed by atoms with Crippen LogP contribution in [0.4, 0.5) is 24.9 Å². The number of primary amides is 1. The summed E-state index contributed by atoms with van der Waals surface area (Å²) in [4.78, 5) is 18.6. The van der Waals surface area contributed by atoms with Gasteiger partial charge in [-0.1, -0.05) is 17.7 Å². The van der Waals surface area contributed by atoms with Gasteiger partial charge < -0.3 is 16.8 Å². The summed E-state index contributed by atoms with van der Waals surface area (Å²) in [5.74, 6) is -2.38. The zero-order valence-electron chi connectivity index (χ0n) is 19.5. The lowest BCUT2D eigenvalue weighted by molar-refractivity contribution is -0.106. The van der Waals surface area contributed by atoms with Crippen LogP contribution in [0.3, 0.4) is 0 Å². The van der Waals surface area contributed by atoms with Gasteiger partial charge in [-0.05, 0) is 44.0 Å². The normalized spacial score (nSPS) is 15.0. The van der Waals surface area contributed by atoms with Crippen molar-refractivity contribution in [2.75, 3.05) is 23.5 Å². The molecule has 3 rings (SSSR count). The molecular weight excluding hydrogens is 503 g/mol. The quantitative estimate of drug-likeness (QED) is 0.224. The number of alkyl halides is 2. The van der Waals surface area contributed by atoms with Crippen molar-refractivity contribution < 1.29 is 18.0 Å². The number of nitrogens with one attached hydrogen (secondary N) is 2. The van der Waals surface area contributed by atoms with E-state index >= 15 is 0 Å². The number of anilines is 2. The SMILES string of the molecule is CN.CSC(/C=C/N(C=N)c1nc(NC2CC(F)(F)C2)ncc1C)c1cc(F)cc(Cl)c1.NC=O. The molecule has 0 spiro atoms. The molecule has 0 aliphatic heterocycles. The lowest BCUT2D eigenvalue weighted by Crippen LogP contribution is -2.44. The van der Waals surface area contributed by atoms with Crippen molar-refractivity contribution in [3.8, 4) is 0 Å². The Kier molecular flexibility index (Phi) is 12.5. The number of aromatic nitrogens is 2. The second kappa shape index (κ2) is 14.5. The summed E-state index contributed by atoms with van der Waals surface area (Å²) in [5, 5.41) is 10.8. The molecule has 1 amide bonds. The molecule has 1 aromatic heterocycles. The fraction of sp³-hybridized carbons (Fsp3) is 0.364. The van der Waals surface area contributed by atoms with Gasteiger partial charge in [0, 0.05) is 47.1 Å². The maximum Gasteiger partial charge on any atom is 0.252 e. The molecule has 1 unspecified atom stereocenters. The van der Waals surface area contributed by atoms with Crippen molar-refractivity contribution in [3.63, 3.8) is 0 Å².